The third-order valence-electron chi connectivity index (χ3n) is 1.85. The zero-order valence-electron chi connectivity index (χ0n) is 7.32. The van der Waals surface area contributed by atoms with Gasteiger partial charge in [-0.1, -0.05) is 18.7 Å². The Labute approximate surface area is 71.9 Å². The molecular weight excluding hydrogens is 153 g/mol. The predicted molar refractivity (Wildman–Crippen MR) is 50.8 cm³/mol. The van der Waals surface area contributed by atoms with Crippen LogP contribution in [-0.2, 0) is 0 Å². The predicted octanol–water partition coefficient (Wildman–Crippen LogP) is 2.82. The summed E-state index contributed by atoms with van der Waals surface area (Å²) in [5, 5.41) is 2.94. The summed E-state index contributed by atoms with van der Waals surface area (Å²) in [6.07, 6.45) is 1.52. The maximum Gasteiger partial charge on any atom is 0.132 e. The molecule has 0 atom stereocenters. The molecule has 0 bridgehead atoms. The Hall–Kier alpha value is -1.31. The van der Waals surface area contributed by atoms with Crippen LogP contribution in [0.4, 0.5) is 10.1 Å². The second kappa shape index (κ2) is 3.39. The van der Waals surface area contributed by atoms with E-state index in [1.54, 1.807) is 13.1 Å². The maximum absolute atomic E-state index is 13.1. The highest BCUT2D eigenvalue weighted by molar-refractivity contribution is 5.69. The van der Waals surface area contributed by atoms with Crippen molar-refractivity contribution in [3.05, 3.63) is 35.7 Å². The Morgan fingerprint density at radius 3 is 2.58 bits per heavy atom. The highest BCUT2D eigenvalue weighted by atomic mass is 19.1. The number of rotatable bonds is 2. The average Bonchev–Trinajstić information content (AvgIpc) is 2.08. The zero-order chi connectivity index (χ0) is 9.14. The summed E-state index contributed by atoms with van der Waals surface area (Å²) in [6.45, 7) is 5.49. The molecule has 0 aliphatic carbocycles. The van der Waals surface area contributed by atoms with Crippen LogP contribution in [-0.4, -0.2) is 7.05 Å². The molecule has 0 fully saturated rings. The van der Waals surface area contributed by atoms with E-state index in [-0.39, 0.29) is 5.82 Å². The van der Waals surface area contributed by atoms with Gasteiger partial charge < -0.3 is 5.32 Å². The normalized spacial score (nSPS) is 9.58. The van der Waals surface area contributed by atoms with Crippen molar-refractivity contribution in [3.8, 4) is 0 Å². The van der Waals surface area contributed by atoms with Crippen LogP contribution in [0.1, 0.15) is 11.1 Å². The number of hydrogen-bond acceptors (Lipinski definition) is 1. The van der Waals surface area contributed by atoms with E-state index in [4.69, 9.17) is 0 Å². The van der Waals surface area contributed by atoms with Crippen molar-refractivity contribution >= 4 is 11.8 Å². The fourth-order valence-corrected chi connectivity index (χ4v) is 1.23. The minimum absolute atomic E-state index is 0.236. The first-order valence-electron chi connectivity index (χ1n) is 3.80. The van der Waals surface area contributed by atoms with Crippen LogP contribution in [0.25, 0.3) is 6.08 Å². The van der Waals surface area contributed by atoms with E-state index in [2.05, 4.69) is 11.9 Å². The molecule has 0 aliphatic heterocycles. The van der Waals surface area contributed by atoms with Gasteiger partial charge >= 0.3 is 0 Å². The first-order valence-corrected chi connectivity index (χ1v) is 3.80. The molecule has 1 N–H and O–H groups in total. The number of halogens is 1. The van der Waals surface area contributed by atoms with Gasteiger partial charge in [0.05, 0.1) is 0 Å². The molecule has 0 unspecified atom stereocenters. The van der Waals surface area contributed by atoms with Crippen LogP contribution in [0.3, 0.4) is 0 Å². The van der Waals surface area contributed by atoms with Crippen molar-refractivity contribution in [1.29, 1.82) is 0 Å². The fraction of sp³-hybridized carbons (Fsp3) is 0.200. The van der Waals surface area contributed by atoms with Crippen LogP contribution in [0, 0.1) is 12.7 Å². The van der Waals surface area contributed by atoms with Gasteiger partial charge in [0.15, 0.2) is 0 Å². The first-order chi connectivity index (χ1) is 5.70. The second-order valence-corrected chi connectivity index (χ2v) is 2.61. The van der Waals surface area contributed by atoms with Crippen LogP contribution in [0.15, 0.2) is 18.7 Å². The molecule has 0 saturated carbocycles. The van der Waals surface area contributed by atoms with E-state index < -0.39 is 0 Å². The molecular formula is C10H12FN. The van der Waals surface area contributed by atoms with E-state index in [0.29, 0.717) is 5.56 Å². The van der Waals surface area contributed by atoms with Crippen molar-refractivity contribution in [2.75, 3.05) is 12.4 Å². The first kappa shape index (κ1) is 8.78. The van der Waals surface area contributed by atoms with E-state index in [0.717, 1.165) is 11.3 Å². The molecule has 0 aliphatic rings. The summed E-state index contributed by atoms with van der Waals surface area (Å²) in [5.74, 6) is -0.236. The molecule has 12 heavy (non-hydrogen) atoms. The Kier molecular flexibility index (Phi) is 2.48. The average molecular weight is 165 g/mol. The van der Waals surface area contributed by atoms with Crippen molar-refractivity contribution in [2.24, 2.45) is 0 Å². The van der Waals surface area contributed by atoms with Gasteiger partial charge in [0.2, 0.25) is 0 Å². The molecule has 1 aromatic rings. The number of hydrogen-bond donors (Lipinski definition) is 1. The largest absolute Gasteiger partial charge is 0.387 e. The van der Waals surface area contributed by atoms with Crippen molar-refractivity contribution in [2.45, 2.75) is 6.92 Å². The Morgan fingerprint density at radius 1 is 1.50 bits per heavy atom. The Balaban J connectivity index is 3.38. The fourth-order valence-electron chi connectivity index (χ4n) is 1.23. The summed E-state index contributed by atoms with van der Waals surface area (Å²) in [7, 11) is 1.77. The number of nitrogens with one attached hydrogen (secondary N) is 1. The number of anilines is 1. The molecule has 0 amide bonds. The van der Waals surface area contributed by atoms with Gasteiger partial charge in [-0.15, -0.1) is 0 Å². The molecule has 0 saturated heterocycles. The number of aryl methyl sites for hydroxylation is 1. The van der Waals surface area contributed by atoms with Gasteiger partial charge in [0.25, 0.3) is 0 Å². The molecule has 1 aromatic carbocycles. The molecule has 1 rings (SSSR count). The second-order valence-electron chi connectivity index (χ2n) is 2.61. The maximum atomic E-state index is 13.1. The molecule has 2 heteroatoms. The van der Waals surface area contributed by atoms with Gasteiger partial charge in [-0.2, -0.15) is 0 Å². The highest BCUT2D eigenvalue weighted by Gasteiger charge is 2.05. The number of benzene rings is 1. The third kappa shape index (κ3) is 1.33. The lowest BCUT2D eigenvalue weighted by Gasteiger charge is -2.09. The minimum Gasteiger partial charge on any atom is -0.387 e. The summed E-state index contributed by atoms with van der Waals surface area (Å²) >= 11 is 0. The molecule has 0 spiro atoms. The van der Waals surface area contributed by atoms with E-state index in [1.165, 1.54) is 12.1 Å². The summed E-state index contributed by atoms with van der Waals surface area (Å²) in [4.78, 5) is 0. The van der Waals surface area contributed by atoms with Gasteiger partial charge in [-0.05, 0) is 18.6 Å². The van der Waals surface area contributed by atoms with Crippen LogP contribution in [0.2, 0.25) is 0 Å². The zero-order valence-corrected chi connectivity index (χ0v) is 7.32. The van der Waals surface area contributed by atoms with E-state index in [1.807, 2.05) is 6.92 Å². The lowest BCUT2D eigenvalue weighted by atomic mass is 10.1. The van der Waals surface area contributed by atoms with Crippen LogP contribution >= 0.6 is 0 Å². The monoisotopic (exact) mass is 165 g/mol. The summed E-state index contributed by atoms with van der Waals surface area (Å²) in [6, 6.07) is 3.20. The molecule has 0 aromatic heterocycles. The molecule has 1 nitrogen and oxygen atoms in total. The molecule has 0 heterocycles. The van der Waals surface area contributed by atoms with Crippen molar-refractivity contribution < 1.29 is 4.39 Å². The summed E-state index contributed by atoms with van der Waals surface area (Å²) in [5.41, 5.74) is 2.37. The Morgan fingerprint density at radius 2 is 2.17 bits per heavy atom. The molecule has 0 radical (unpaired) electrons. The third-order valence-corrected chi connectivity index (χ3v) is 1.85. The van der Waals surface area contributed by atoms with Crippen molar-refractivity contribution in [3.63, 3.8) is 0 Å². The smallest absolute Gasteiger partial charge is 0.132 e. The van der Waals surface area contributed by atoms with Crippen molar-refractivity contribution in [1.82, 2.24) is 0 Å². The SMILES string of the molecule is C=Cc1c(F)ccc(C)c1NC. The summed E-state index contributed by atoms with van der Waals surface area (Å²) < 4.78 is 13.1. The molecule has 64 valence electrons. The van der Waals surface area contributed by atoms with Crippen LogP contribution in [0.5, 0.6) is 0 Å². The van der Waals surface area contributed by atoms with Gasteiger partial charge in [0, 0.05) is 18.3 Å². The van der Waals surface area contributed by atoms with E-state index in [9.17, 15) is 4.39 Å². The minimum atomic E-state index is -0.236. The lowest BCUT2D eigenvalue weighted by molar-refractivity contribution is 0.625. The van der Waals surface area contributed by atoms with E-state index >= 15 is 0 Å². The topological polar surface area (TPSA) is 12.0 Å². The van der Waals surface area contributed by atoms with Gasteiger partial charge in [0.1, 0.15) is 5.82 Å². The Bertz CT molecular complexity index is 305. The highest BCUT2D eigenvalue weighted by Crippen LogP contribution is 2.23. The quantitative estimate of drug-likeness (QED) is 0.710. The lowest BCUT2D eigenvalue weighted by Crippen LogP contribution is -1.97. The van der Waals surface area contributed by atoms with Gasteiger partial charge in [-0.3, -0.25) is 0 Å². The van der Waals surface area contributed by atoms with Crippen LogP contribution < -0.4 is 5.32 Å². The standard InChI is InChI=1S/C10H12FN/c1-4-8-9(11)6-5-7(2)10(8)12-3/h4-6,12H,1H2,2-3H3. The van der Waals surface area contributed by atoms with Gasteiger partial charge in [-0.25, -0.2) is 4.39 Å².